The van der Waals surface area contributed by atoms with Crippen LogP contribution in [0.3, 0.4) is 0 Å². The lowest BCUT2D eigenvalue weighted by Gasteiger charge is -2.09. The number of fused-ring (bicyclic) bond motifs is 1. The highest BCUT2D eigenvalue weighted by atomic mass is 16.5. The monoisotopic (exact) mass is 246 g/mol. The van der Waals surface area contributed by atoms with Crippen LogP contribution in [0.25, 0.3) is 10.9 Å². The van der Waals surface area contributed by atoms with E-state index in [1.54, 1.807) is 6.92 Å². The van der Waals surface area contributed by atoms with Crippen molar-refractivity contribution in [2.24, 2.45) is 5.73 Å². The van der Waals surface area contributed by atoms with Crippen LogP contribution < -0.4 is 5.73 Å². The fourth-order valence-corrected chi connectivity index (χ4v) is 1.82. The molecule has 1 aromatic heterocycles. The molecule has 5 heteroatoms. The van der Waals surface area contributed by atoms with Crippen LogP contribution in [0.2, 0.25) is 0 Å². The van der Waals surface area contributed by atoms with Gasteiger partial charge in [0.2, 0.25) is 0 Å². The van der Waals surface area contributed by atoms with Crippen LogP contribution in [0, 0.1) is 6.92 Å². The Bertz CT molecular complexity index is 616. The van der Waals surface area contributed by atoms with E-state index >= 15 is 0 Å². The van der Waals surface area contributed by atoms with E-state index in [2.05, 4.69) is 4.98 Å². The zero-order valence-corrected chi connectivity index (χ0v) is 10.2. The lowest BCUT2D eigenvalue weighted by Crippen LogP contribution is -2.30. The standard InChI is InChI=1S/C13H14N2O3/c1-7-11(13(17)18-8(2)12(14)16)9-5-3-4-6-10(9)15-7/h3-6,8,15H,1-2H3,(H2,14,16)/t8-/m0/s1. The predicted molar refractivity (Wildman–Crippen MR) is 67.1 cm³/mol. The molecule has 0 saturated heterocycles. The van der Waals surface area contributed by atoms with Crippen molar-refractivity contribution in [3.63, 3.8) is 0 Å². The number of nitrogens with two attached hydrogens (primary N) is 1. The first-order valence-corrected chi connectivity index (χ1v) is 5.58. The summed E-state index contributed by atoms with van der Waals surface area (Å²) < 4.78 is 5.01. The third-order valence-electron chi connectivity index (χ3n) is 2.78. The van der Waals surface area contributed by atoms with Gasteiger partial charge in [-0.1, -0.05) is 18.2 Å². The van der Waals surface area contributed by atoms with Crippen molar-refractivity contribution in [2.75, 3.05) is 0 Å². The fourth-order valence-electron chi connectivity index (χ4n) is 1.82. The minimum Gasteiger partial charge on any atom is -0.449 e. The van der Waals surface area contributed by atoms with E-state index in [1.165, 1.54) is 6.92 Å². The van der Waals surface area contributed by atoms with E-state index in [1.807, 2.05) is 24.3 Å². The minimum absolute atomic E-state index is 0.443. The van der Waals surface area contributed by atoms with E-state index < -0.39 is 18.0 Å². The quantitative estimate of drug-likeness (QED) is 0.805. The van der Waals surface area contributed by atoms with Crippen molar-refractivity contribution in [2.45, 2.75) is 20.0 Å². The van der Waals surface area contributed by atoms with Gasteiger partial charge in [0.25, 0.3) is 5.91 Å². The molecule has 0 radical (unpaired) electrons. The molecule has 18 heavy (non-hydrogen) atoms. The van der Waals surface area contributed by atoms with Gasteiger partial charge in [0.15, 0.2) is 6.10 Å². The Morgan fingerprint density at radius 3 is 2.67 bits per heavy atom. The Hall–Kier alpha value is -2.30. The number of rotatable bonds is 3. The Balaban J connectivity index is 2.39. The number of aromatic amines is 1. The molecule has 1 heterocycles. The summed E-state index contributed by atoms with van der Waals surface area (Å²) in [5, 5.41) is 0.775. The van der Waals surface area contributed by atoms with Gasteiger partial charge in [-0.05, 0) is 19.9 Å². The molecular weight excluding hydrogens is 232 g/mol. The number of carbonyl (C=O) groups is 2. The number of ether oxygens (including phenoxy) is 1. The van der Waals surface area contributed by atoms with Gasteiger partial charge in [-0.25, -0.2) is 4.79 Å². The lowest BCUT2D eigenvalue weighted by atomic mass is 10.1. The number of benzene rings is 1. The van der Waals surface area contributed by atoms with Gasteiger partial charge in [-0.15, -0.1) is 0 Å². The summed E-state index contributed by atoms with van der Waals surface area (Å²) in [7, 11) is 0. The number of primary amides is 1. The van der Waals surface area contributed by atoms with E-state index in [-0.39, 0.29) is 0 Å². The van der Waals surface area contributed by atoms with Gasteiger partial charge in [-0.3, -0.25) is 4.79 Å². The highest BCUT2D eigenvalue weighted by molar-refractivity contribution is 6.06. The van der Waals surface area contributed by atoms with Crippen molar-refractivity contribution in [3.05, 3.63) is 35.5 Å². The highest BCUT2D eigenvalue weighted by Gasteiger charge is 2.21. The van der Waals surface area contributed by atoms with Crippen LogP contribution in [0.1, 0.15) is 23.0 Å². The summed E-state index contributed by atoms with van der Waals surface area (Å²) in [4.78, 5) is 26.0. The smallest absolute Gasteiger partial charge is 0.341 e. The molecule has 0 saturated carbocycles. The summed E-state index contributed by atoms with van der Waals surface area (Å²) in [5.41, 5.74) is 7.07. The lowest BCUT2D eigenvalue weighted by molar-refractivity contribution is -0.125. The Kier molecular flexibility index (Phi) is 3.06. The maximum Gasteiger partial charge on any atom is 0.341 e. The van der Waals surface area contributed by atoms with Gasteiger partial charge < -0.3 is 15.5 Å². The third-order valence-corrected chi connectivity index (χ3v) is 2.78. The second-order valence-corrected chi connectivity index (χ2v) is 4.12. The molecule has 2 aromatic rings. The SMILES string of the molecule is Cc1[nH]c2ccccc2c1C(=O)O[C@@H](C)C(N)=O. The predicted octanol–water partition coefficient (Wildman–Crippen LogP) is 1.51. The summed E-state index contributed by atoms with van der Waals surface area (Å²) in [6.45, 7) is 3.23. The maximum atomic E-state index is 12.0. The fraction of sp³-hybridized carbons (Fsp3) is 0.231. The number of nitrogens with one attached hydrogen (secondary N) is 1. The molecule has 1 amide bonds. The van der Waals surface area contributed by atoms with E-state index in [4.69, 9.17) is 10.5 Å². The number of amides is 1. The number of esters is 1. The zero-order chi connectivity index (χ0) is 13.3. The maximum absolute atomic E-state index is 12.0. The van der Waals surface area contributed by atoms with Crippen LogP contribution in [0.4, 0.5) is 0 Å². The summed E-state index contributed by atoms with van der Waals surface area (Å²) in [6.07, 6.45) is -0.939. The van der Waals surface area contributed by atoms with Crippen LogP contribution in [0.15, 0.2) is 24.3 Å². The molecular formula is C13H14N2O3. The Morgan fingerprint density at radius 2 is 2.00 bits per heavy atom. The second-order valence-electron chi connectivity index (χ2n) is 4.12. The van der Waals surface area contributed by atoms with Crippen LogP contribution in [0.5, 0.6) is 0 Å². The Morgan fingerprint density at radius 1 is 1.33 bits per heavy atom. The second kappa shape index (κ2) is 4.52. The van der Waals surface area contributed by atoms with Crippen molar-refractivity contribution in [3.8, 4) is 0 Å². The number of aryl methyl sites for hydroxylation is 1. The molecule has 0 aliphatic heterocycles. The first-order chi connectivity index (χ1) is 8.50. The molecule has 1 atom stereocenters. The van der Waals surface area contributed by atoms with Gasteiger partial charge in [-0.2, -0.15) is 0 Å². The average Bonchev–Trinajstić information content (AvgIpc) is 2.64. The van der Waals surface area contributed by atoms with Crippen molar-refractivity contribution >= 4 is 22.8 Å². The third kappa shape index (κ3) is 2.07. The molecule has 0 unspecified atom stereocenters. The number of aromatic nitrogens is 1. The van der Waals surface area contributed by atoms with Gasteiger partial charge in [0.05, 0.1) is 5.56 Å². The number of hydrogen-bond acceptors (Lipinski definition) is 3. The van der Waals surface area contributed by atoms with E-state index in [0.29, 0.717) is 11.3 Å². The number of para-hydroxylation sites is 1. The number of carbonyl (C=O) groups excluding carboxylic acids is 2. The van der Waals surface area contributed by atoms with Gasteiger partial charge >= 0.3 is 5.97 Å². The zero-order valence-electron chi connectivity index (χ0n) is 10.2. The van der Waals surface area contributed by atoms with E-state index in [9.17, 15) is 9.59 Å². The molecule has 0 bridgehead atoms. The molecule has 94 valence electrons. The highest BCUT2D eigenvalue weighted by Crippen LogP contribution is 2.22. The Labute approximate surface area is 104 Å². The molecule has 0 aliphatic rings. The largest absolute Gasteiger partial charge is 0.449 e. The van der Waals surface area contributed by atoms with E-state index in [0.717, 1.165) is 10.9 Å². The number of H-pyrrole nitrogens is 1. The van der Waals surface area contributed by atoms with Gasteiger partial charge in [0, 0.05) is 16.6 Å². The van der Waals surface area contributed by atoms with Crippen LogP contribution >= 0.6 is 0 Å². The molecule has 3 N–H and O–H groups in total. The first-order valence-electron chi connectivity index (χ1n) is 5.58. The average molecular weight is 246 g/mol. The summed E-state index contributed by atoms with van der Waals surface area (Å²) in [6, 6.07) is 7.41. The van der Waals surface area contributed by atoms with Crippen molar-refractivity contribution in [1.82, 2.24) is 4.98 Å². The molecule has 0 spiro atoms. The summed E-state index contributed by atoms with van der Waals surface area (Å²) in [5.74, 6) is -1.21. The molecule has 1 aromatic carbocycles. The first kappa shape index (κ1) is 12.2. The van der Waals surface area contributed by atoms with Crippen LogP contribution in [-0.2, 0) is 9.53 Å². The molecule has 0 aliphatic carbocycles. The summed E-state index contributed by atoms with van der Waals surface area (Å²) >= 11 is 0. The number of hydrogen-bond donors (Lipinski definition) is 2. The van der Waals surface area contributed by atoms with Crippen molar-refractivity contribution < 1.29 is 14.3 Å². The normalized spacial score (nSPS) is 12.3. The van der Waals surface area contributed by atoms with Crippen molar-refractivity contribution in [1.29, 1.82) is 0 Å². The van der Waals surface area contributed by atoms with Crippen LogP contribution in [-0.4, -0.2) is 23.0 Å². The molecule has 2 rings (SSSR count). The topological polar surface area (TPSA) is 85.2 Å². The minimum atomic E-state index is -0.939. The molecule has 5 nitrogen and oxygen atoms in total. The van der Waals surface area contributed by atoms with Gasteiger partial charge in [0.1, 0.15) is 0 Å². The molecule has 0 fully saturated rings.